The van der Waals surface area contributed by atoms with Gasteiger partial charge in [0.2, 0.25) is 0 Å². The van der Waals surface area contributed by atoms with E-state index in [1.807, 2.05) is 48.2 Å². The molecule has 3 heterocycles. The Morgan fingerprint density at radius 1 is 1.11 bits per heavy atom. The molecule has 0 unspecified atom stereocenters. The zero-order valence-corrected chi connectivity index (χ0v) is 21.5. The van der Waals surface area contributed by atoms with Gasteiger partial charge in [-0.2, -0.15) is 5.10 Å². The molecular weight excluding hydrogens is 458 g/mol. The molecule has 0 aliphatic carbocycles. The number of amides is 2. The van der Waals surface area contributed by atoms with Gasteiger partial charge in [-0.15, -0.1) is 0 Å². The van der Waals surface area contributed by atoms with Gasteiger partial charge in [-0.1, -0.05) is 18.2 Å². The molecule has 4 rings (SSSR count). The van der Waals surface area contributed by atoms with E-state index in [0.717, 1.165) is 36.5 Å². The van der Waals surface area contributed by atoms with E-state index in [4.69, 9.17) is 9.15 Å². The second-order valence-corrected chi connectivity index (χ2v) is 9.39. The number of hydrogen-bond acceptors (Lipinski definition) is 6. The molecule has 2 aromatic heterocycles. The predicted molar refractivity (Wildman–Crippen MR) is 138 cm³/mol. The molecule has 0 atom stereocenters. The zero-order valence-electron chi connectivity index (χ0n) is 21.5. The minimum Gasteiger partial charge on any atom is -0.460 e. The van der Waals surface area contributed by atoms with Gasteiger partial charge in [-0.3, -0.25) is 19.6 Å². The van der Waals surface area contributed by atoms with Crippen LogP contribution in [0.3, 0.4) is 0 Å². The summed E-state index contributed by atoms with van der Waals surface area (Å²) in [4.78, 5) is 32.6. The number of aromatic amines is 1. The molecule has 0 radical (unpaired) electrons. The number of benzene rings is 1. The Hall–Kier alpha value is -3.43. The van der Waals surface area contributed by atoms with Gasteiger partial charge >= 0.3 is 0 Å². The molecule has 0 fully saturated rings. The zero-order chi connectivity index (χ0) is 25.7. The molecule has 1 N–H and O–H groups in total. The number of nitrogens with zero attached hydrogens (tertiary/aromatic N) is 4. The minimum absolute atomic E-state index is 0.00712. The van der Waals surface area contributed by atoms with Gasteiger partial charge in [-0.25, -0.2) is 0 Å². The topological polar surface area (TPSA) is 94.9 Å². The molecule has 0 spiro atoms. The highest BCUT2D eigenvalue weighted by molar-refractivity contribution is 5.96. The summed E-state index contributed by atoms with van der Waals surface area (Å²) < 4.78 is 10.8. The Bertz CT molecular complexity index is 1180. The fraction of sp³-hybridized carbons (Fsp3) is 0.444. The van der Waals surface area contributed by atoms with Crippen molar-refractivity contribution < 1.29 is 18.7 Å². The molecule has 3 aromatic rings. The average Bonchev–Trinajstić information content (AvgIpc) is 3.51. The number of carbonyl (C=O) groups excluding carboxylic acids is 2. The Morgan fingerprint density at radius 2 is 1.92 bits per heavy atom. The number of anilines is 1. The number of aromatic nitrogens is 2. The Labute approximate surface area is 212 Å². The fourth-order valence-corrected chi connectivity index (χ4v) is 4.55. The van der Waals surface area contributed by atoms with E-state index in [9.17, 15) is 9.59 Å². The number of fused-ring (bicyclic) bond motifs is 1. The maximum Gasteiger partial charge on any atom is 0.274 e. The Balaban J connectivity index is 1.67. The van der Waals surface area contributed by atoms with Crippen LogP contribution in [0.5, 0.6) is 0 Å². The summed E-state index contributed by atoms with van der Waals surface area (Å²) >= 11 is 0. The van der Waals surface area contributed by atoms with Crippen LogP contribution in [0, 0.1) is 6.92 Å². The monoisotopic (exact) mass is 493 g/mol. The molecule has 0 saturated carbocycles. The third kappa shape index (κ3) is 5.85. The summed E-state index contributed by atoms with van der Waals surface area (Å²) in [5.74, 6) is 1.16. The number of methoxy groups -OCH3 is 1. The van der Waals surface area contributed by atoms with Gasteiger partial charge in [0.25, 0.3) is 11.8 Å². The first-order valence-electron chi connectivity index (χ1n) is 12.4. The van der Waals surface area contributed by atoms with Crippen LogP contribution < -0.4 is 4.90 Å². The lowest BCUT2D eigenvalue weighted by atomic mass is 10.1. The summed E-state index contributed by atoms with van der Waals surface area (Å²) in [6.45, 7) is 9.22. The first kappa shape index (κ1) is 25.7. The van der Waals surface area contributed by atoms with Crippen LogP contribution in [0.4, 0.5) is 5.69 Å². The number of rotatable bonds is 5. The summed E-state index contributed by atoms with van der Waals surface area (Å²) in [5.41, 5.74) is 2.70. The molecule has 1 aliphatic heterocycles. The first-order valence-corrected chi connectivity index (χ1v) is 12.4. The minimum atomic E-state index is -0.173. The highest BCUT2D eigenvalue weighted by atomic mass is 16.5. The maximum atomic E-state index is 13.7. The standard InChI is InChI=1S/C27H35N5O4/c1-19(2)30-12-7-13-32(26(33)18-35-4)24-9-6-5-8-21(24)17-31(15-14-30)27(34)23-16-22(28-29-23)25-11-10-20(3)36-25/h5-6,8-11,16,19H,7,12-15,17-18H2,1-4H3,(H,28,29). The van der Waals surface area contributed by atoms with Crippen LogP contribution >= 0.6 is 0 Å². The van der Waals surface area contributed by atoms with Crippen LogP contribution in [0.1, 0.15) is 42.1 Å². The van der Waals surface area contributed by atoms with Crippen LogP contribution in [-0.2, 0) is 16.1 Å². The van der Waals surface area contributed by atoms with Crippen molar-refractivity contribution in [1.82, 2.24) is 20.0 Å². The van der Waals surface area contributed by atoms with Crippen molar-refractivity contribution in [3.8, 4) is 11.5 Å². The molecule has 0 saturated heterocycles. The van der Waals surface area contributed by atoms with E-state index >= 15 is 0 Å². The lowest BCUT2D eigenvalue weighted by Crippen LogP contribution is -2.41. The lowest BCUT2D eigenvalue weighted by molar-refractivity contribution is -0.122. The van der Waals surface area contributed by atoms with Gasteiger partial charge in [0.1, 0.15) is 18.1 Å². The normalized spacial score (nSPS) is 15.6. The Morgan fingerprint density at radius 3 is 2.64 bits per heavy atom. The number of ether oxygens (including phenoxy) is 1. The summed E-state index contributed by atoms with van der Waals surface area (Å²) in [5, 5.41) is 7.23. The molecule has 2 amide bonds. The molecule has 9 nitrogen and oxygen atoms in total. The number of carbonyl (C=O) groups is 2. The second-order valence-electron chi connectivity index (χ2n) is 9.39. The number of aryl methyl sites for hydroxylation is 1. The average molecular weight is 494 g/mol. The van der Waals surface area contributed by atoms with Gasteiger partial charge < -0.3 is 19.0 Å². The number of hydrogen-bond donors (Lipinski definition) is 1. The number of para-hydroxylation sites is 1. The van der Waals surface area contributed by atoms with E-state index in [0.29, 0.717) is 42.8 Å². The third-order valence-electron chi connectivity index (χ3n) is 6.52. The van der Waals surface area contributed by atoms with Crippen LogP contribution in [-0.4, -0.2) is 77.7 Å². The van der Waals surface area contributed by atoms with E-state index in [1.54, 1.807) is 11.0 Å². The molecule has 0 bridgehead atoms. The van der Waals surface area contributed by atoms with Crippen molar-refractivity contribution in [3.63, 3.8) is 0 Å². The van der Waals surface area contributed by atoms with E-state index < -0.39 is 0 Å². The molecule has 1 aliphatic rings. The Kier molecular flexibility index (Phi) is 8.22. The molecule has 9 heteroatoms. The largest absolute Gasteiger partial charge is 0.460 e. The SMILES string of the molecule is COCC(=O)N1CCCN(C(C)C)CCN(C(=O)c2cc(-c3ccc(C)o3)[nH]n2)Cc2ccccc21. The fourth-order valence-electron chi connectivity index (χ4n) is 4.55. The highest BCUT2D eigenvalue weighted by Gasteiger charge is 2.26. The van der Waals surface area contributed by atoms with E-state index in [-0.39, 0.29) is 18.4 Å². The summed E-state index contributed by atoms with van der Waals surface area (Å²) in [6, 6.07) is 13.5. The van der Waals surface area contributed by atoms with Crippen LogP contribution in [0.25, 0.3) is 11.5 Å². The van der Waals surface area contributed by atoms with Crippen molar-refractivity contribution in [3.05, 3.63) is 59.5 Å². The van der Waals surface area contributed by atoms with Crippen molar-refractivity contribution in [2.24, 2.45) is 0 Å². The molecular formula is C27H35N5O4. The van der Waals surface area contributed by atoms with Crippen molar-refractivity contribution >= 4 is 17.5 Å². The van der Waals surface area contributed by atoms with Crippen molar-refractivity contribution in [2.75, 3.05) is 44.8 Å². The smallest absolute Gasteiger partial charge is 0.274 e. The maximum absolute atomic E-state index is 13.7. The second kappa shape index (κ2) is 11.5. The van der Waals surface area contributed by atoms with Gasteiger partial charge in [-0.05, 0) is 51.0 Å². The number of furan rings is 1. The van der Waals surface area contributed by atoms with Gasteiger partial charge in [0.15, 0.2) is 11.5 Å². The van der Waals surface area contributed by atoms with Crippen LogP contribution in [0.2, 0.25) is 0 Å². The van der Waals surface area contributed by atoms with E-state index in [2.05, 4.69) is 28.9 Å². The highest BCUT2D eigenvalue weighted by Crippen LogP contribution is 2.25. The summed E-state index contributed by atoms with van der Waals surface area (Å²) in [6.07, 6.45) is 0.821. The van der Waals surface area contributed by atoms with Crippen molar-refractivity contribution in [2.45, 2.75) is 39.8 Å². The molecule has 192 valence electrons. The number of nitrogens with one attached hydrogen (secondary N) is 1. The molecule has 1 aromatic carbocycles. The third-order valence-corrected chi connectivity index (χ3v) is 6.52. The quantitative estimate of drug-likeness (QED) is 0.582. The molecule has 36 heavy (non-hydrogen) atoms. The number of H-pyrrole nitrogens is 1. The van der Waals surface area contributed by atoms with Crippen molar-refractivity contribution in [1.29, 1.82) is 0 Å². The summed E-state index contributed by atoms with van der Waals surface area (Å²) in [7, 11) is 1.53. The first-order chi connectivity index (χ1) is 17.4. The van der Waals surface area contributed by atoms with Gasteiger partial charge in [0.05, 0.1) is 0 Å². The van der Waals surface area contributed by atoms with E-state index in [1.165, 1.54) is 7.11 Å². The lowest BCUT2D eigenvalue weighted by Gasteiger charge is -2.29. The van der Waals surface area contributed by atoms with Crippen LogP contribution in [0.15, 0.2) is 46.9 Å². The van der Waals surface area contributed by atoms with Gasteiger partial charge in [0, 0.05) is 57.6 Å². The predicted octanol–water partition coefficient (Wildman–Crippen LogP) is 3.71.